The molecular formula is C35H50N2O6Si. The molecule has 1 fully saturated rings. The van der Waals surface area contributed by atoms with Crippen LogP contribution < -0.4 is 4.74 Å². The van der Waals surface area contributed by atoms with Crippen LogP contribution in [0.1, 0.15) is 65.3 Å². The largest absolute Gasteiger partial charge is 0.482 e. The molecule has 0 N–H and O–H groups in total. The summed E-state index contributed by atoms with van der Waals surface area (Å²) in [5.41, 5.74) is 1.12. The van der Waals surface area contributed by atoms with Gasteiger partial charge in [0.1, 0.15) is 22.7 Å². The quantitative estimate of drug-likeness (QED) is 0.168. The summed E-state index contributed by atoms with van der Waals surface area (Å²) in [5.74, 6) is 0.724. The number of benzene rings is 2. The van der Waals surface area contributed by atoms with Crippen molar-refractivity contribution in [1.29, 1.82) is 0 Å². The number of furan rings is 1. The van der Waals surface area contributed by atoms with Gasteiger partial charge in [-0.25, -0.2) is 4.79 Å². The van der Waals surface area contributed by atoms with Gasteiger partial charge >= 0.3 is 5.97 Å². The first kappa shape index (κ1) is 33.7. The second-order valence-electron chi connectivity index (χ2n) is 14.4. The minimum atomic E-state index is -1.90. The standard InChI is InChI=1S/C35H50N2O6Si/c1-34(2,3)42-33(39)24-40-27-15-12-14-25(19-27)30(23-37-18-17-28(22-37)43-44(8,9)35(4,5)6)36(7)32(38)21-29-20-26-13-10-11-16-31(26)41-29/h10-16,19-20,28,30H,17-18,21-24H2,1-9H3/t28-,30-/m1/s1. The van der Waals surface area contributed by atoms with E-state index in [1.807, 2.05) is 87.3 Å². The van der Waals surface area contributed by atoms with Crippen LogP contribution in [0, 0.1) is 0 Å². The van der Waals surface area contributed by atoms with Gasteiger partial charge in [0.25, 0.3) is 0 Å². The molecule has 1 aliphatic heterocycles. The second kappa shape index (κ2) is 13.5. The molecule has 0 spiro atoms. The summed E-state index contributed by atoms with van der Waals surface area (Å²) in [6.07, 6.45) is 1.30. The lowest BCUT2D eigenvalue weighted by Gasteiger charge is -2.38. The molecule has 3 aromatic rings. The number of ether oxygens (including phenoxy) is 2. The molecule has 0 bridgehead atoms. The smallest absolute Gasteiger partial charge is 0.344 e. The number of esters is 1. The highest BCUT2D eigenvalue weighted by Crippen LogP contribution is 2.38. The Morgan fingerprint density at radius 3 is 2.45 bits per heavy atom. The molecule has 1 amide bonds. The Kier molecular flexibility index (Phi) is 10.3. The average Bonchev–Trinajstić information content (AvgIpc) is 3.54. The minimum Gasteiger partial charge on any atom is -0.482 e. The third-order valence-corrected chi connectivity index (χ3v) is 13.1. The normalized spacial score (nSPS) is 17.1. The van der Waals surface area contributed by atoms with Crippen molar-refractivity contribution in [2.45, 2.75) is 90.3 Å². The van der Waals surface area contributed by atoms with Crippen LogP contribution in [0.2, 0.25) is 18.1 Å². The number of para-hydroxylation sites is 1. The minimum absolute atomic E-state index is 0.0394. The number of nitrogens with zero attached hydrogens (tertiary/aromatic N) is 2. The predicted octanol–water partition coefficient (Wildman–Crippen LogP) is 6.99. The summed E-state index contributed by atoms with van der Waals surface area (Å²) in [6, 6.07) is 17.1. The van der Waals surface area contributed by atoms with Gasteiger partial charge < -0.3 is 23.2 Å². The van der Waals surface area contributed by atoms with Gasteiger partial charge in [-0.3, -0.25) is 9.69 Å². The topological polar surface area (TPSA) is 81.5 Å². The van der Waals surface area contributed by atoms with Gasteiger partial charge in [0.15, 0.2) is 14.9 Å². The molecule has 0 saturated carbocycles. The molecule has 0 aliphatic carbocycles. The van der Waals surface area contributed by atoms with Gasteiger partial charge in [0.2, 0.25) is 5.91 Å². The zero-order chi connectivity index (χ0) is 32.3. The van der Waals surface area contributed by atoms with Crippen LogP contribution in [0.25, 0.3) is 11.0 Å². The zero-order valence-corrected chi connectivity index (χ0v) is 28.9. The van der Waals surface area contributed by atoms with E-state index in [2.05, 4.69) is 38.8 Å². The summed E-state index contributed by atoms with van der Waals surface area (Å²) >= 11 is 0. The molecule has 240 valence electrons. The fourth-order valence-electron chi connectivity index (χ4n) is 5.25. The molecule has 0 radical (unpaired) electrons. The number of hydrogen-bond acceptors (Lipinski definition) is 7. The van der Waals surface area contributed by atoms with Crippen molar-refractivity contribution in [1.82, 2.24) is 9.80 Å². The summed E-state index contributed by atoms with van der Waals surface area (Å²) in [6.45, 7) is 19.1. The lowest BCUT2D eigenvalue weighted by molar-refractivity contribution is -0.157. The van der Waals surface area contributed by atoms with Gasteiger partial charge in [-0.1, -0.05) is 51.1 Å². The van der Waals surface area contributed by atoms with E-state index in [1.54, 1.807) is 0 Å². The first-order chi connectivity index (χ1) is 20.5. The monoisotopic (exact) mass is 622 g/mol. The highest BCUT2D eigenvalue weighted by Gasteiger charge is 2.41. The highest BCUT2D eigenvalue weighted by molar-refractivity contribution is 6.74. The maximum absolute atomic E-state index is 13.7. The Morgan fingerprint density at radius 2 is 1.77 bits per heavy atom. The number of carbonyl (C=O) groups excluding carboxylic acids is 2. The van der Waals surface area contributed by atoms with Crippen LogP contribution in [0.15, 0.2) is 59.0 Å². The number of likely N-dealkylation sites (N-methyl/N-ethyl adjacent to an activating group) is 1. The van der Waals surface area contributed by atoms with Crippen LogP contribution in [0.5, 0.6) is 5.75 Å². The van der Waals surface area contributed by atoms with Crippen LogP contribution in [-0.2, 0) is 25.2 Å². The molecule has 4 rings (SSSR count). The molecule has 2 atom stereocenters. The maximum Gasteiger partial charge on any atom is 0.344 e. The zero-order valence-electron chi connectivity index (χ0n) is 27.9. The molecule has 8 nitrogen and oxygen atoms in total. The predicted molar refractivity (Wildman–Crippen MR) is 176 cm³/mol. The Hall–Kier alpha value is -3.14. The average molecular weight is 623 g/mol. The van der Waals surface area contributed by atoms with E-state index < -0.39 is 19.9 Å². The van der Waals surface area contributed by atoms with E-state index in [1.165, 1.54) is 0 Å². The van der Waals surface area contributed by atoms with Gasteiger partial charge in [0.05, 0.1) is 18.6 Å². The van der Waals surface area contributed by atoms with E-state index in [0.717, 1.165) is 36.0 Å². The molecule has 2 heterocycles. The number of carbonyl (C=O) groups is 2. The Morgan fingerprint density at radius 1 is 1.05 bits per heavy atom. The van der Waals surface area contributed by atoms with E-state index in [9.17, 15) is 9.59 Å². The van der Waals surface area contributed by atoms with Crippen molar-refractivity contribution in [2.75, 3.05) is 33.3 Å². The fourth-order valence-corrected chi connectivity index (χ4v) is 6.62. The maximum atomic E-state index is 13.7. The number of fused-ring (bicyclic) bond motifs is 1. The lowest BCUT2D eigenvalue weighted by atomic mass is 10.0. The molecule has 1 aromatic heterocycles. The lowest BCUT2D eigenvalue weighted by Crippen LogP contribution is -2.45. The van der Waals surface area contributed by atoms with Crippen LogP contribution >= 0.6 is 0 Å². The van der Waals surface area contributed by atoms with E-state index in [0.29, 0.717) is 18.1 Å². The van der Waals surface area contributed by atoms with Crippen molar-refractivity contribution < 1.29 is 27.9 Å². The second-order valence-corrected chi connectivity index (χ2v) is 19.2. The van der Waals surface area contributed by atoms with Crippen molar-refractivity contribution >= 4 is 31.2 Å². The van der Waals surface area contributed by atoms with Gasteiger partial charge in [0, 0.05) is 32.1 Å². The molecule has 9 heteroatoms. The summed E-state index contributed by atoms with van der Waals surface area (Å²) < 4.78 is 23.9. The number of amides is 1. The first-order valence-corrected chi connectivity index (χ1v) is 18.5. The van der Waals surface area contributed by atoms with E-state index >= 15 is 0 Å². The molecule has 1 aliphatic rings. The van der Waals surface area contributed by atoms with Gasteiger partial charge in [-0.2, -0.15) is 0 Å². The van der Waals surface area contributed by atoms with Crippen LogP contribution in [0.4, 0.5) is 0 Å². The molecule has 0 unspecified atom stereocenters. The number of likely N-dealkylation sites (tertiary alicyclic amines) is 1. The molecule has 44 heavy (non-hydrogen) atoms. The Labute approximate surface area is 263 Å². The van der Waals surface area contributed by atoms with Crippen molar-refractivity contribution in [3.05, 3.63) is 65.9 Å². The SMILES string of the molecule is CN(C(=O)Cc1cc2ccccc2o1)[C@H](CN1CC[C@@H](O[Si](C)(C)C(C)(C)C)C1)c1cccc(OCC(=O)OC(C)(C)C)c1. The number of hydrogen-bond donors (Lipinski definition) is 0. The number of rotatable bonds is 11. The van der Waals surface area contributed by atoms with Crippen LogP contribution in [0.3, 0.4) is 0 Å². The third kappa shape index (κ3) is 8.96. The molecular weight excluding hydrogens is 572 g/mol. The van der Waals surface area contributed by atoms with Crippen molar-refractivity contribution in [3.63, 3.8) is 0 Å². The molecule has 2 aromatic carbocycles. The highest BCUT2D eigenvalue weighted by atomic mass is 28.4. The van der Waals surface area contributed by atoms with Crippen molar-refractivity contribution in [2.24, 2.45) is 0 Å². The fraction of sp³-hybridized carbons (Fsp3) is 0.543. The Balaban J connectivity index is 1.51. The Bertz CT molecular complexity index is 1400. The summed E-state index contributed by atoms with van der Waals surface area (Å²) in [7, 11) is -0.0470. The third-order valence-electron chi connectivity index (χ3n) is 8.61. The van der Waals surface area contributed by atoms with E-state index in [4.69, 9.17) is 18.3 Å². The first-order valence-electron chi connectivity index (χ1n) is 15.6. The van der Waals surface area contributed by atoms with Gasteiger partial charge in [-0.15, -0.1) is 0 Å². The summed E-state index contributed by atoms with van der Waals surface area (Å²) in [4.78, 5) is 30.2. The van der Waals surface area contributed by atoms with E-state index in [-0.39, 0.29) is 36.1 Å². The van der Waals surface area contributed by atoms with Crippen molar-refractivity contribution in [3.8, 4) is 5.75 Å². The summed E-state index contributed by atoms with van der Waals surface area (Å²) in [5, 5.41) is 1.13. The molecule has 1 saturated heterocycles. The van der Waals surface area contributed by atoms with Crippen LogP contribution in [-0.4, -0.2) is 75.0 Å². The van der Waals surface area contributed by atoms with Gasteiger partial charge in [-0.05, 0) is 75.2 Å².